The fourth-order valence-electron chi connectivity index (χ4n) is 2.72. The van der Waals surface area contributed by atoms with Gasteiger partial charge in [-0.25, -0.2) is 4.98 Å². The lowest BCUT2D eigenvalue weighted by Gasteiger charge is -2.27. The van der Waals surface area contributed by atoms with Gasteiger partial charge in [-0.3, -0.25) is 0 Å². The van der Waals surface area contributed by atoms with Gasteiger partial charge in [-0.05, 0) is 31.7 Å². The van der Waals surface area contributed by atoms with E-state index >= 15 is 0 Å². The van der Waals surface area contributed by atoms with Crippen molar-refractivity contribution >= 4 is 22.1 Å². The lowest BCUT2D eigenvalue weighted by Crippen LogP contribution is -2.35. The number of thiazole rings is 1. The van der Waals surface area contributed by atoms with Crippen molar-refractivity contribution in [3.63, 3.8) is 0 Å². The fourth-order valence-corrected chi connectivity index (χ4v) is 3.31. The molecule has 0 aliphatic heterocycles. The van der Waals surface area contributed by atoms with Crippen LogP contribution in [0, 0.1) is 6.92 Å². The molecule has 3 aromatic rings. The Morgan fingerprint density at radius 1 is 1.22 bits per heavy atom. The highest BCUT2D eigenvalue weighted by Crippen LogP contribution is 2.35. The molecule has 0 spiro atoms. The zero-order valence-electron chi connectivity index (χ0n) is 13.7. The second kappa shape index (κ2) is 6.30. The van der Waals surface area contributed by atoms with Crippen LogP contribution in [0.2, 0.25) is 0 Å². The highest BCUT2D eigenvalue weighted by molar-refractivity contribution is 7.07. The number of hydrogen-bond donors (Lipinski definition) is 1. The summed E-state index contributed by atoms with van der Waals surface area (Å²) in [6.45, 7) is 6.12. The first kappa shape index (κ1) is 16.0. The van der Waals surface area contributed by atoms with E-state index in [0.29, 0.717) is 6.42 Å². The van der Waals surface area contributed by atoms with Crippen LogP contribution in [0.3, 0.4) is 0 Å². The van der Waals surface area contributed by atoms with Crippen molar-refractivity contribution in [2.75, 3.05) is 0 Å². The first-order valence-corrected chi connectivity index (χ1v) is 8.70. The maximum absolute atomic E-state index is 6.44. The van der Waals surface area contributed by atoms with Crippen LogP contribution in [0.25, 0.3) is 10.8 Å². The Labute approximate surface area is 141 Å². The smallest absolute Gasteiger partial charge is 0.143 e. The standard InChI is InChI=1S/C19H22N2OS/c1-13-8-9-14-6-4-5-7-15(14)18(13)22-17(10-19(2,3)20)16-11-23-12-21-16/h4-9,11-12,17H,10,20H2,1-3H3. The Kier molecular flexibility index (Phi) is 4.37. The highest BCUT2D eigenvalue weighted by Gasteiger charge is 2.25. The second-order valence-electron chi connectivity index (χ2n) is 6.65. The molecule has 3 nitrogen and oxygen atoms in total. The van der Waals surface area contributed by atoms with Crippen LogP contribution in [-0.4, -0.2) is 10.5 Å². The third kappa shape index (κ3) is 3.71. The molecule has 4 heteroatoms. The Morgan fingerprint density at radius 2 is 2.00 bits per heavy atom. The fraction of sp³-hybridized carbons (Fsp3) is 0.316. The van der Waals surface area contributed by atoms with E-state index in [0.717, 1.165) is 22.4 Å². The number of rotatable bonds is 5. The normalized spacial score (nSPS) is 13.2. The first-order valence-electron chi connectivity index (χ1n) is 7.76. The molecule has 1 heterocycles. The molecule has 120 valence electrons. The van der Waals surface area contributed by atoms with E-state index in [1.54, 1.807) is 11.3 Å². The SMILES string of the molecule is Cc1ccc2ccccc2c1OC(CC(C)(C)N)c1cscn1. The topological polar surface area (TPSA) is 48.1 Å². The Morgan fingerprint density at radius 3 is 2.70 bits per heavy atom. The van der Waals surface area contributed by atoms with Crippen LogP contribution < -0.4 is 10.5 Å². The van der Waals surface area contributed by atoms with E-state index in [1.807, 2.05) is 36.9 Å². The number of benzene rings is 2. The predicted octanol–water partition coefficient (Wildman–Crippen LogP) is 4.85. The van der Waals surface area contributed by atoms with Crippen molar-refractivity contribution in [2.24, 2.45) is 5.73 Å². The number of hydrogen-bond acceptors (Lipinski definition) is 4. The van der Waals surface area contributed by atoms with Gasteiger partial charge in [0.1, 0.15) is 11.9 Å². The molecule has 1 aromatic heterocycles. The van der Waals surface area contributed by atoms with Crippen LogP contribution in [-0.2, 0) is 0 Å². The first-order chi connectivity index (χ1) is 10.9. The molecule has 2 aromatic carbocycles. The van der Waals surface area contributed by atoms with Crippen LogP contribution in [0.1, 0.15) is 37.6 Å². The van der Waals surface area contributed by atoms with Gasteiger partial charge >= 0.3 is 0 Å². The Bertz CT molecular complexity index is 791. The summed E-state index contributed by atoms with van der Waals surface area (Å²) in [5.41, 5.74) is 9.82. The molecule has 0 saturated heterocycles. The number of ether oxygens (including phenoxy) is 1. The van der Waals surface area contributed by atoms with E-state index in [-0.39, 0.29) is 11.6 Å². The quantitative estimate of drug-likeness (QED) is 0.729. The lowest BCUT2D eigenvalue weighted by atomic mass is 9.96. The summed E-state index contributed by atoms with van der Waals surface area (Å²) in [6.07, 6.45) is 0.560. The Hall–Kier alpha value is -1.91. The molecule has 2 N–H and O–H groups in total. The minimum atomic E-state index is -0.327. The number of fused-ring (bicyclic) bond motifs is 1. The van der Waals surface area contributed by atoms with Gasteiger partial charge in [0.25, 0.3) is 0 Å². The van der Waals surface area contributed by atoms with E-state index in [2.05, 4.69) is 36.2 Å². The third-order valence-electron chi connectivity index (χ3n) is 3.83. The summed E-state index contributed by atoms with van der Waals surface area (Å²) in [7, 11) is 0. The molecule has 1 unspecified atom stereocenters. The summed E-state index contributed by atoms with van der Waals surface area (Å²) < 4.78 is 6.44. The number of nitrogens with zero attached hydrogens (tertiary/aromatic N) is 1. The molecule has 3 rings (SSSR count). The summed E-state index contributed by atoms with van der Waals surface area (Å²) >= 11 is 1.58. The summed E-state index contributed by atoms with van der Waals surface area (Å²) in [5.74, 6) is 0.922. The van der Waals surface area contributed by atoms with Gasteiger partial charge in [-0.1, -0.05) is 36.4 Å². The van der Waals surface area contributed by atoms with Gasteiger partial charge in [0, 0.05) is 22.7 Å². The molecule has 0 aliphatic rings. The number of aromatic nitrogens is 1. The molecule has 0 radical (unpaired) electrons. The summed E-state index contributed by atoms with van der Waals surface area (Å²) in [6, 6.07) is 12.5. The van der Waals surface area contributed by atoms with Crippen LogP contribution in [0.5, 0.6) is 5.75 Å². The molecular formula is C19H22N2OS. The largest absolute Gasteiger partial charge is 0.483 e. The molecule has 0 bridgehead atoms. The molecule has 1 atom stereocenters. The highest BCUT2D eigenvalue weighted by atomic mass is 32.1. The second-order valence-corrected chi connectivity index (χ2v) is 7.36. The molecule has 0 fully saturated rings. The zero-order chi connectivity index (χ0) is 16.4. The van der Waals surface area contributed by atoms with Gasteiger partial charge in [-0.15, -0.1) is 11.3 Å². The van der Waals surface area contributed by atoms with Crippen molar-refractivity contribution in [3.05, 3.63) is 58.5 Å². The van der Waals surface area contributed by atoms with Crippen molar-refractivity contribution in [1.29, 1.82) is 0 Å². The van der Waals surface area contributed by atoms with E-state index in [4.69, 9.17) is 10.5 Å². The van der Waals surface area contributed by atoms with E-state index in [9.17, 15) is 0 Å². The monoisotopic (exact) mass is 326 g/mol. The van der Waals surface area contributed by atoms with Gasteiger partial charge < -0.3 is 10.5 Å². The maximum atomic E-state index is 6.44. The minimum Gasteiger partial charge on any atom is -0.483 e. The van der Waals surface area contributed by atoms with Crippen molar-refractivity contribution in [1.82, 2.24) is 4.98 Å². The van der Waals surface area contributed by atoms with Gasteiger partial charge in [0.05, 0.1) is 11.2 Å². The lowest BCUT2D eigenvalue weighted by molar-refractivity contribution is 0.165. The summed E-state index contributed by atoms with van der Waals surface area (Å²) in [5, 5.41) is 4.34. The van der Waals surface area contributed by atoms with Crippen LogP contribution in [0.4, 0.5) is 0 Å². The Balaban J connectivity index is 2.02. The average molecular weight is 326 g/mol. The minimum absolute atomic E-state index is 0.147. The van der Waals surface area contributed by atoms with Crippen molar-refractivity contribution in [2.45, 2.75) is 38.8 Å². The van der Waals surface area contributed by atoms with Gasteiger partial charge in [0.2, 0.25) is 0 Å². The molecular weight excluding hydrogens is 304 g/mol. The third-order valence-corrected chi connectivity index (χ3v) is 4.43. The molecule has 0 saturated carbocycles. The molecule has 23 heavy (non-hydrogen) atoms. The average Bonchev–Trinajstić information content (AvgIpc) is 3.02. The van der Waals surface area contributed by atoms with Gasteiger partial charge in [-0.2, -0.15) is 0 Å². The van der Waals surface area contributed by atoms with E-state index in [1.165, 1.54) is 5.39 Å². The van der Waals surface area contributed by atoms with Crippen LogP contribution in [0.15, 0.2) is 47.3 Å². The maximum Gasteiger partial charge on any atom is 0.143 e. The predicted molar refractivity (Wildman–Crippen MR) is 97.1 cm³/mol. The number of nitrogens with two attached hydrogens (primary N) is 1. The van der Waals surface area contributed by atoms with Crippen molar-refractivity contribution in [3.8, 4) is 5.75 Å². The van der Waals surface area contributed by atoms with Gasteiger partial charge in [0.15, 0.2) is 0 Å². The molecule has 0 amide bonds. The van der Waals surface area contributed by atoms with Crippen molar-refractivity contribution < 1.29 is 4.74 Å². The molecule has 0 aliphatic carbocycles. The van der Waals surface area contributed by atoms with Crippen LogP contribution >= 0.6 is 11.3 Å². The summed E-state index contributed by atoms with van der Waals surface area (Å²) in [4.78, 5) is 4.44. The van der Waals surface area contributed by atoms with E-state index < -0.39 is 0 Å². The number of aryl methyl sites for hydroxylation is 1. The zero-order valence-corrected chi connectivity index (χ0v) is 14.6.